The van der Waals surface area contributed by atoms with Crippen molar-refractivity contribution in [2.75, 3.05) is 11.4 Å². The number of phenols is 1. The minimum atomic E-state index is -1.34. The minimum Gasteiger partial charge on any atom is -0.508 e. The number of ether oxygens (including phenoxy) is 1. The van der Waals surface area contributed by atoms with Gasteiger partial charge in [0.1, 0.15) is 42.0 Å². The van der Waals surface area contributed by atoms with Crippen molar-refractivity contribution in [3.05, 3.63) is 90.5 Å². The molecule has 0 fully saturated rings. The van der Waals surface area contributed by atoms with E-state index >= 15 is 4.79 Å². The molecule has 0 unspecified atom stereocenters. The van der Waals surface area contributed by atoms with Crippen molar-refractivity contribution in [2.45, 2.75) is 155 Å². The molecule has 0 spiro atoms. The molecule has 3 aromatic carbocycles. The van der Waals surface area contributed by atoms with Crippen molar-refractivity contribution in [1.82, 2.24) is 28.1 Å². The Morgan fingerprint density at radius 1 is 0.671 bits per heavy atom. The van der Waals surface area contributed by atoms with Crippen molar-refractivity contribution in [1.29, 1.82) is 0 Å². The van der Waals surface area contributed by atoms with Crippen molar-refractivity contribution < 1.29 is 89.3 Å². The second kappa shape index (κ2) is 35.3. The molecule has 9 N–H and O–H groups in total. The fourth-order valence-corrected chi connectivity index (χ4v) is 8.82. The van der Waals surface area contributed by atoms with E-state index < -0.39 is 114 Å². The van der Waals surface area contributed by atoms with Gasteiger partial charge in [0.05, 0.1) is 0 Å². The Bertz CT molecular complexity index is 2200. The Hall–Kier alpha value is -5.83. The number of nitrogens with two attached hydrogens (primary N) is 1. The number of hydrogen-bond acceptors (Lipinski definition) is 12. The van der Waals surface area contributed by atoms with Crippen LogP contribution < -0.4 is 40.1 Å². The monoisotopic (exact) mass is 1160 g/mol. The quantitative estimate of drug-likeness (QED) is 0.0206. The summed E-state index contributed by atoms with van der Waals surface area (Å²) in [6, 6.07) is 17.5. The number of aromatic hydroxyl groups is 1. The van der Waals surface area contributed by atoms with E-state index in [-0.39, 0.29) is 43.3 Å². The number of rotatable bonds is 30. The first kappa shape index (κ1) is 63.3. The van der Waals surface area contributed by atoms with Crippen LogP contribution in [0, 0.1) is 42.2 Å². The molecule has 3 rings (SSSR count). The topological polar surface area (TPSA) is 285 Å². The molecule has 0 saturated carbocycles. The van der Waals surface area contributed by atoms with Crippen molar-refractivity contribution in [3.8, 4) is 5.75 Å². The smallest absolute Gasteiger partial charge is 0.336 e. The van der Waals surface area contributed by atoms with Gasteiger partial charge in [-0.15, -0.1) is 0 Å². The van der Waals surface area contributed by atoms with Gasteiger partial charge < -0.3 is 42.2 Å². The van der Waals surface area contributed by atoms with E-state index in [1.165, 1.54) is 25.3 Å². The number of carbonyl (C=O) groups is 9. The van der Waals surface area contributed by atoms with E-state index in [0.29, 0.717) is 62.7 Å². The largest absolute Gasteiger partial charge is 0.508 e. The summed E-state index contributed by atoms with van der Waals surface area (Å²) in [4.78, 5) is 118. The molecule has 0 aromatic heterocycles. The third-order valence-corrected chi connectivity index (χ3v) is 13.5. The standard InChI is InChI=1S/C45H67N7O10.C6H5.C2H5NO.Gd/c1-7-9-18-35(47-28-53)41(57)51-38(26-29(3)4)42(58)48-30(5)40(56)49-36(19-10-8-2)44(60)52(33-16-12-11-13-17-33)39(27-32-21-23-34(55)24-22-32)43(59)50-37(20-14-15-25-46)45(61)62-31(6)54;1-2-4-6-5-3-1;1-2(3)4;/h11-13,16-17,21-24,28-30,35-39,55H,7-10,14-15,18-20,25-27,46H2,1-6H3,(H,47,53)(H,48,58)(H,49,56)(H,50,59)(H,51,57);1-5H;1H3,(H2,3,4);/q;;;+1/p-1/t30-,35-,36-,37-,38-,39-;;;/m0.../s1. The maximum Gasteiger partial charge on any atom is 0.336 e. The fraction of sp³-hybridized carbons (Fsp3) is 0.491. The van der Waals surface area contributed by atoms with E-state index in [4.69, 9.17) is 10.5 Å². The van der Waals surface area contributed by atoms with E-state index in [1.54, 1.807) is 49.4 Å². The number of amides is 7. The summed E-state index contributed by atoms with van der Waals surface area (Å²) in [5.74, 6) is -5.10. The van der Waals surface area contributed by atoms with Gasteiger partial charge in [0, 0.05) is 19.0 Å². The van der Waals surface area contributed by atoms with Crippen LogP contribution in [0.25, 0.3) is 0 Å². The third-order valence-electron chi connectivity index (χ3n) is 11.0. The van der Waals surface area contributed by atoms with Gasteiger partial charge in [-0.25, -0.2) is 4.79 Å². The van der Waals surface area contributed by atoms with Crippen LogP contribution in [0.3, 0.4) is 0 Å². The fourth-order valence-electron chi connectivity index (χ4n) is 7.28. The molecule has 19 nitrogen and oxygen atoms in total. The first-order valence-electron chi connectivity index (χ1n) is 24.8. The van der Waals surface area contributed by atoms with E-state index in [9.17, 15) is 43.5 Å². The van der Waals surface area contributed by atoms with Crippen LogP contribution in [0.5, 0.6) is 5.75 Å². The number of carbonyl (C=O) groups excluding carboxylic acids is 9. The molecule has 0 bridgehead atoms. The molecular weight excluding hydrogens is 1080 g/mol. The summed E-state index contributed by atoms with van der Waals surface area (Å²) in [7, 11) is 0. The second-order valence-corrected chi connectivity index (χ2v) is 20.3. The molecule has 402 valence electrons. The summed E-state index contributed by atoms with van der Waals surface area (Å²) in [6.07, 6.45) is 4.74. The number of anilines is 1. The summed E-state index contributed by atoms with van der Waals surface area (Å²) < 4.78 is 8.99. The third kappa shape index (κ3) is 24.6. The Balaban J connectivity index is 0.00000146. The molecular formula is C53H76GdN8O11. The molecule has 0 aliphatic heterocycles. The van der Waals surface area contributed by atoms with Crippen LogP contribution >= 0.6 is 0 Å². The summed E-state index contributed by atoms with van der Waals surface area (Å²) in [5, 5.41) is 23.4. The first-order chi connectivity index (χ1) is 34.8. The Labute approximate surface area is 449 Å². The van der Waals surface area contributed by atoms with Crippen LogP contribution in [-0.2, 0) is 54.3 Å². The average molecular weight is 1160 g/mol. The summed E-state index contributed by atoms with van der Waals surface area (Å²) in [6.45, 7) is 12.0. The zero-order valence-corrected chi connectivity index (χ0v) is 45.4. The summed E-state index contributed by atoms with van der Waals surface area (Å²) >= 11 is -0.558. The maximum atomic E-state index is 15.0. The SMILES string of the molecule is CC(=O)[NH][Gd][c]1ccccc1.CCCC[C@H](NC=O)C(=O)N[C@@H](CC(C)C)C(=O)N[C@@H](C)C(=O)N[C@@H](CCCC)C(=O)N(c1ccccc1)[C@@H](Cc1ccc(O)cc1)C(=O)N[C@@H](CCCCN)C(=O)OC(C)=O. The van der Waals surface area contributed by atoms with Crippen LogP contribution in [-0.4, -0.2) is 102 Å². The number of esters is 2. The number of nitrogens with zero attached hydrogens (tertiary/aromatic N) is 1. The predicted octanol–water partition coefficient (Wildman–Crippen LogP) is 3.50. The Morgan fingerprint density at radius 3 is 1.77 bits per heavy atom. The molecule has 0 radical (unpaired) electrons. The first-order valence-corrected chi connectivity index (χ1v) is 27.0. The van der Waals surface area contributed by atoms with Gasteiger partial charge in [-0.05, 0) is 87.7 Å². The number of hydrogen-bond donors (Lipinski definition) is 8. The van der Waals surface area contributed by atoms with Gasteiger partial charge in [-0.2, -0.15) is 0 Å². The van der Waals surface area contributed by atoms with E-state index in [0.717, 1.165) is 13.3 Å². The van der Waals surface area contributed by atoms with E-state index in [1.807, 2.05) is 58.0 Å². The van der Waals surface area contributed by atoms with Crippen LogP contribution in [0.4, 0.5) is 5.69 Å². The number of benzene rings is 3. The van der Waals surface area contributed by atoms with Gasteiger partial charge in [-0.3, -0.25) is 38.5 Å². The molecule has 20 heteroatoms. The molecule has 0 heterocycles. The molecule has 73 heavy (non-hydrogen) atoms. The molecule has 0 aliphatic rings. The molecule has 6 atom stereocenters. The molecule has 0 saturated heterocycles. The molecule has 3 aromatic rings. The van der Waals surface area contributed by atoms with Crippen molar-refractivity contribution in [3.63, 3.8) is 0 Å². The number of unbranched alkanes of at least 4 members (excludes halogenated alkanes) is 3. The van der Waals surface area contributed by atoms with Crippen LogP contribution in [0.15, 0.2) is 84.9 Å². The van der Waals surface area contributed by atoms with Gasteiger partial charge in [-0.1, -0.05) is 83.7 Å². The van der Waals surface area contributed by atoms with Gasteiger partial charge in [0.25, 0.3) is 0 Å². The molecule has 0 aliphatic carbocycles. The predicted molar refractivity (Wildman–Crippen MR) is 274 cm³/mol. The zero-order chi connectivity index (χ0) is 54.3. The van der Waals surface area contributed by atoms with Crippen molar-refractivity contribution in [2.24, 2.45) is 11.7 Å². The van der Waals surface area contributed by atoms with Crippen LogP contribution in [0.2, 0.25) is 0 Å². The number of nitrogens with one attached hydrogen (secondary N) is 6. The Kier molecular flexibility index (Phi) is 30.6. The minimum absolute atomic E-state index is 0.0229. The molecule has 7 amide bonds. The normalized spacial score (nSPS) is 13.2. The maximum absolute atomic E-state index is 15.0. The zero-order valence-electron chi connectivity index (χ0n) is 43.1. The number of para-hydroxylation sites is 1. The second-order valence-electron chi connectivity index (χ2n) is 17.8. The van der Waals surface area contributed by atoms with Crippen LogP contribution in [0.1, 0.15) is 118 Å². The van der Waals surface area contributed by atoms with Gasteiger partial charge in [0.15, 0.2) is 0 Å². The van der Waals surface area contributed by atoms with Gasteiger partial charge in [0.2, 0.25) is 35.9 Å². The van der Waals surface area contributed by atoms with Crippen molar-refractivity contribution >= 4 is 60.8 Å². The van der Waals surface area contributed by atoms with Gasteiger partial charge >= 0.3 is 99.0 Å². The summed E-state index contributed by atoms with van der Waals surface area (Å²) in [5.41, 5.74) is 6.53. The Morgan fingerprint density at radius 2 is 1.22 bits per heavy atom. The number of phenolic OH excluding ortho intramolecular Hbond substituents is 1. The average Bonchev–Trinajstić information content (AvgIpc) is 3.35. The van der Waals surface area contributed by atoms with E-state index in [2.05, 4.69) is 28.1 Å².